The van der Waals surface area contributed by atoms with Gasteiger partial charge in [-0.3, -0.25) is 4.79 Å². The summed E-state index contributed by atoms with van der Waals surface area (Å²) in [4.78, 5) is 17.3. The Labute approximate surface area is 204 Å². The molecule has 0 saturated carbocycles. The van der Waals surface area contributed by atoms with E-state index in [2.05, 4.69) is 10.3 Å². The van der Waals surface area contributed by atoms with Crippen molar-refractivity contribution in [3.8, 4) is 11.1 Å². The molecular weight excluding hydrogens is 460 g/mol. The number of hydrogen-bond acceptors (Lipinski definition) is 4. The lowest BCUT2D eigenvalue weighted by atomic mass is 9.97. The second-order valence-corrected chi connectivity index (χ2v) is 8.99. The standard InChI is InChI=1S/C29H21F2N3O2/c1-14-10-25(32)34-15(2)22(14)13-33-29(35)17-7-9-19-21(12-17)28-20-11-16(6-8-18(20)27(19)36-28)26-23(30)4-3-5-24(26)31/h3-12H,13H2,1-2H3,(H2,32,34)(H,33,35). The van der Waals surface area contributed by atoms with E-state index in [4.69, 9.17) is 10.2 Å². The van der Waals surface area contributed by atoms with E-state index in [9.17, 15) is 13.6 Å². The fourth-order valence-electron chi connectivity index (χ4n) is 4.97. The Balaban J connectivity index is 1.37. The van der Waals surface area contributed by atoms with Crippen LogP contribution in [0.3, 0.4) is 0 Å². The van der Waals surface area contributed by atoms with Crippen LogP contribution in [0.15, 0.2) is 65.1 Å². The summed E-state index contributed by atoms with van der Waals surface area (Å²) in [6.07, 6.45) is 0. The number of nitrogens with one attached hydrogen (secondary N) is 1. The Morgan fingerprint density at radius 2 is 1.58 bits per heavy atom. The zero-order valence-electron chi connectivity index (χ0n) is 19.6. The number of rotatable bonds is 4. The highest BCUT2D eigenvalue weighted by Gasteiger charge is 2.21. The Morgan fingerprint density at radius 3 is 2.31 bits per heavy atom. The van der Waals surface area contributed by atoms with E-state index in [1.165, 1.54) is 18.2 Å². The molecule has 0 spiro atoms. The number of anilines is 1. The highest BCUT2D eigenvalue weighted by molar-refractivity contribution is 6.26. The van der Waals surface area contributed by atoms with Gasteiger partial charge in [0.05, 0.1) is 5.56 Å². The van der Waals surface area contributed by atoms with Gasteiger partial charge in [0.1, 0.15) is 28.6 Å². The first-order valence-corrected chi connectivity index (χ1v) is 11.5. The summed E-state index contributed by atoms with van der Waals surface area (Å²) in [6, 6.07) is 16.2. The first-order chi connectivity index (χ1) is 17.3. The number of pyridine rings is 1. The summed E-state index contributed by atoms with van der Waals surface area (Å²) in [5.41, 5.74) is 10.5. The number of hydrogen-bond donors (Lipinski definition) is 2. The van der Waals surface area contributed by atoms with Gasteiger partial charge in [-0.25, -0.2) is 13.8 Å². The molecule has 6 rings (SSSR count). The number of nitrogen functional groups attached to an aromatic ring is 1. The molecule has 178 valence electrons. The van der Waals surface area contributed by atoms with Crippen LogP contribution in [-0.4, -0.2) is 10.9 Å². The number of carbonyl (C=O) groups excluding carboxylic acids is 1. The molecule has 0 aliphatic heterocycles. The normalized spacial score (nSPS) is 11.7. The second kappa shape index (κ2) is 8.02. The molecule has 0 fully saturated rings. The molecule has 0 radical (unpaired) electrons. The molecule has 0 aliphatic carbocycles. The van der Waals surface area contributed by atoms with E-state index in [0.29, 0.717) is 34.7 Å². The number of carbonyl (C=O) groups is 1. The van der Waals surface area contributed by atoms with Crippen LogP contribution in [0.1, 0.15) is 27.2 Å². The predicted octanol–water partition coefficient (Wildman–Crippen LogP) is 6.65. The summed E-state index contributed by atoms with van der Waals surface area (Å²) < 4.78 is 34.8. The number of nitrogens with zero attached hydrogens (tertiary/aromatic N) is 1. The van der Waals surface area contributed by atoms with Crippen LogP contribution in [0.5, 0.6) is 0 Å². The Kier molecular flexibility index (Phi) is 4.89. The molecule has 0 atom stereocenters. The van der Waals surface area contributed by atoms with Crippen molar-refractivity contribution in [1.29, 1.82) is 0 Å². The monoisotopic (exact) mass is 481 g/mol. The molecule has 3 aromatic heterocycles. The van der Waals surface area contributed by atoms with Crippen molar-refractivity contribution >= 4 is 44.4 Å². The zero-order chi connectivity index (χ0) is 25.1. The molecule has 5 nitrogen and oxygen atoms in total. The van der Waals surface area contributed by atoms with Crippen molar-refractivity contribution in [2.75, 3.05) is 5.73 Å². The van der Waals surface area contributed by atoms with E-state index >= 15 is 0 Å². The SMILES string of the molecule is Cc1cc(N)nc(C)c1CNC(=O)c1ccc2c(c1)c1oc2c2ccc(-c3c(F)cccc3F)cc21. The zero-order valence-corrected chi connectivity index (χ0v) is 19.6. The van der Waals surface area contributed by atoms with Gasteiger partial charge in [0, 0.05) is 39.3 Å². The fraction of sp³-hybridized carbons (Fsp3) is 0.103. The predicted molar refractivity (Wildman–Crippen MR) is 137 cm³/mol. The maximum Gasteiger partial charge on any atom is 0.251 e. The molecule has 2 bridgehead atoms. The molecule has 0 aliphatic rings. The quantitative estimate of drug-likeness (QED) is 0.276. The number of amides is 1. The third-order valence-electron chi connectivity index (χ3n) is 6.74. The lowest BCUT2D eigenvalue weighted by Crippen LogP contribution is -2.24. The fourth-order valence-corrected chi connectivity index (χ4v) is 4.97. The molecule has 0 saturated heterocycles. The number of aryl methyl sites for hydroxylation is 2. The third-order valence-corrected chi connectivity index (χ3v) is 6.74. The van der Waals surface area contributed by atoms with Crippen molar-refractivity contribution < 1.29 is 18.0 Å². The molecule has 6 aromatic rings. The Bertz CT molecular complexity index is 1780. The van der Waals surface area contributed by atoms with Crippen molar-refractivity contribution in [3.05, 3.63) is 94.7 Å². The lowest BCUT2D eigenvalue weighted by Gasteiger charge is -2.11. The van der Waals surface area contributed by atoms with Gasteiger partial charge in [-0.2, -0.15) is 0 Å². The van der Waals surface area contributed by atoms with Gasteiger partial charge in [0.2, 0.25) is 0 Å². The maximum atomic E-state index is 14.4. The highest BCUT2D eigenvalue weighted by Crippen LogP contribution is 2.42. The largest absolute Gasteiger partial charge is 0.455 e. The first kappa shape index (κ1) is 22.0. The summed E-state index contributed by atoms with van der Waals surface area (Å²) in [5, 5.41) is 6.22. The average molecular weight is 482 g/mol. The van der Waals surface area contributed by atoms with Gasteiger partial charge in [-0.05, 0) is 79.1 Å². The van der Waals surface area contributed by atoms with Crippen LogP contribution in [-0.2, 0) is 6.54 Å². The second-order valence-electron chi connectivity index (χ2n) is 8.99. The molecule has 3 aromatic carbocycles. The van der Waals surface area contributed by atoms with E-state index in [1.807, 2.05) is 26.0 Å². The smallest absolute Gasteiger partial charge is 0.251 e. The summed E-state index contributed by atoms with van der Waals surface area (Å²) in [5.74, 6) is -1.04. The summed E-state index contributed by atoms with van der Waals surface area (Å²) in [7, 11) is 0. The van der Waals surface area contributed by atoms with Crippen LogP contribution < -0.4 is 11.1 Å². The number of halogens is 2. The van der Waals surface area contributed by atoms with Crippen molar-refractivity contribution in [1.82, 2.24) is 10.3 Å². The Morgan fingerprint density at radius 1 is 0.917 bits per heavy atom. The van der Waals surface area contributed by atoms with Crippen LogP contribution in [0.25, 0.3) is 43.8 Å². The molecule has 0 unspecified atom stereocenters. The number of benzene rings is 4. The van der Waals surface area contributed by atoms with Gasteiger partial charge < -0.3 is 15.5 Å². The third kappa shape index (κ3) is 3.35. The minimum atomic E-state index is -0.627. The van der Waals surface area contributed by atoms with Crippen LogP contribution in [0.2, 0.25) is 0 Å². The minimum absolute atomic E-state index is 0.0789. The van der Waals surface area contributed by atoms with Gasteiger partial charge in [-0.15, -0.1) is 0 Å². The minimum Gasteiger partial charge on any atom is -0.455 e. The van der Waals surface area contributed by atoms with Crippen molar-refractivity contribution in [3.63, 3.8) is 0 Å². The lowest BCUT2D eigenvalue weighted by molar-refractivity contribution is 0.0951. The van der Waals surface area contributed by atoms with E-state index in [-0.39, 0.29) is 11.5 Å². The van der Waals surface area contributed by atoms with Crippen molar-refractivity contribution in [2.45, 2.75) is 20.4 Å². The van der Waals surface area contributed by atoms with Gasteiger partial charge in [0.15, 0.2) is 0 Å². The van der Waals surface area contributed by atoms with Crippen LogP contribution in [0, 0.1) is 25.5 Å². The van der Waals surface area contributed by atoms with Gasteiger partial charge >= 0.3 is 0 Å². The van der Waals surface area contributed by atoms with Gasteiger partial charge in [0.25, 0.3) is 5.91 Å². The highest BCUT2D eigenvalue weighted by atomic mass is 19.1. The molecule has 1 amide bonds. The first-order valence-electron chi connectivity index (χ1n) is 11.5. The van der Waals surface area contributed by atoms with E-state index in [1.54, 1.807) is 30.3 Å². The van der Waals surface area contributed by atoms with Crippen LogP contribution in [0.4, 0.5) is 14.6 Å². The number of nitrogens with two attached hydrogens (primary N) is 1. The van der Waals surface area contributed by atoms with E-state index < -0.39 is 11.6 Å². The number of aromatic nitrogens is 1. The molecular formula is C29H21F2N3O2. The maximum absolute atomic E-state index is 14.4. The van der Waals surface area contributed by atoms with Crippen LogP contribution >= 0.6 is 0 Å². The molecule has 36 heavy (non-hydrogen) atoms. The summed E-state index contributed by atoms with van der Waals surface area (Å²) >= 11 is 0. The van der Waals surface area contributed by atoms with E-state index in [0.717, 1.165) is 38.4 Å². The average Bonchev–Trinajstić information content (AvgIpc) is 3.40. The van der Waals surface area contributed by atoms with Crippen molar-refractivity contribution in [2.24, 2.45) is 0 Å². The Hall–Kier alpha value is -4.52. The number of furan rings is 2. The molecule has 3 N–H and O–H groups in total. The molecule has 3 heterocycles. The molecule has 7 heteroatoms. The van der Waals surface area contributed by atoms with Gasteiger partial charge in [-0.1, -0.05) is 12.1 Å². The topological polar surface area (TPSA) is 81.1 Å². The summed E-state index contributed by atoms with van der Waals surface area (Å²) in [6.45, 7) is 4.12. The number of fused-ring (bicyclic) bond motifs is 8.